The van der Waals surface area contributed by atoms with Gasteiger partial charge in [0.2, 0.25) is 0 Å². The van der Waals surface area contributed by atoms with E-state index in [1.165, 1.54) is 19.4 Å². The van der Waals surface area contributed by atoms with E-state index >= 15 is 0 Å². The molecule has 1 aliphatic heterocycles. The van der Waals surface area contributed by atoms with Gasteiger partial charge in [-0.05, 0) is 25.1 Å². The molecule has 1 nitrogen and oxygen atoms in total. The van der Waals surface area contributed by atoms with Crippen LogP contribution in [0, 0.1) is 5.92 Å². The van der Waals surface area contributed by atoms with Gasteiger partial charge in [0.15, 0.2) is 0 Å². The lowest BCUT2D eigenvalue weighted by Gasteiger charge is -2.03. The number of thioether (sulfide) groups is 1. The van der Waals surface area contributed by atoms with Crippen molar-refractivity contribution in [3.05, 3.63) is 0 Å². The van der Waals surface area contributed by atoms with Gasteiger partial charge in [0.1, 0.15) is 0 Å². The first-order valence-corrected chi connectivity index (χ1v) is 4.91. The Kier molecular flexibility index (Phi) is 2.86. The van der Waals surface area contributed by atoms with Gasteiger partial charge in [-0.1, -0.05) is 13.3 Å². The van der Waals surface area contributed by atoms with Crippen LogP contribution in [-0.2, 0) is 0 Å². The third-order valence-corrected chi connectivity index (χ3v) is 2.97. The predicted octanol–water partition coefficient (Wildman–Crippen LogP) is 1.69. The summed E-state index contributed by atoms with van der Waals surface area (Å²) in [5.74, 6) is 0.947. The van der Waals surface area contributed by atoms with E-state index < -0.39 is 0 Å². The van der Waals surface area contributed by atoms with Crippen LogP contribution < -0.4 is 5.32 Å². The van der Waals surface area contributed by atoms with Crippen LogP contribution in [0.5, 0.6) is 0 Å². The molecule has 1 N–H and O–H groups in total. The fourth-order valence-corrected chi connectivity index (χ4v) is 1.99. The van der Waals surface area contributed by atoms with E-state index in [2.05, 4.69) is 18.5 Å². The van der Waals surface area contributed by atoms with E-state index in [9.17, 15) is 0 Å². The Balaban J connectivity index is 2.20. The normalized spacial score (nSPS) is 35.3. The average molecular weight is 145 g/mol. The molecule has 54 valence electrons. The Hall–Kier alpha value is 0.310. The molecule has 2 atom stereocenters. The summed E-state index contributed by atoms with van der Waals surface area (Å²) < 4.78 is 0. The molecule has 0 aromatic carbocycles. The van der Waals surface area contributed by atoms with Crippen molar-refractivity contribution in [1.82, 2.24) is 5.32 Å². The highest BCUT2D eigenvalue weighted by atomic mass is 32.2. The third kappa shape index (κ3) is 1.87. The van der Waals surface area contributed by atoms with Crippen molar-refractivity contribution < 1.29 is 0 Å². The van der Waals surface area contributed by atoms with Crippen LogP contribution in [0.3, 0.4) is 0 Å². The first kappa shape index (κ1) is 7.42. The summed E-state index contributed by atoms with van der Waals surface area (Å²) in [6, 6.07) is 0. The minimum Gasteiger partial charge on any atom is -0.305 e. The molecule has 1 saturated heterocycles. The highest BCUT2D eigenvalue weighted by molar-refractivity contribution is 7.99. The van der Waals surface area contributed by atoms with E-state index in [-0.39, 0.29) is 0 Å². The molecule has 2 heteroatoms. The van der Waals surface area contributed by atoms with Crippen LogP contribution in [0.15, 0.2) is 0 Å². The lowest BCUT2D eigenvalue weighted by atomic mass is 10.1. The largest absolute Gasteiger partial charge is 0.305 e. The van der Waals surface area contributed by atoms with E-state index in [0.29, 0.717) is 0 Å². The summed E-state index contributed by atoms with van der Waals surface area (Å²) in [6.45, 7) is 3.51. The van der Waals surface area contributed by atoms with Gasteiger partial charge in [-0.25, -0.2) is 0 Å². The van der Waals surface area contributed by atoms with Gasteiger partial charge in [0, 0.05) is 0 Å². The standard InChI is InChI=1S/C7H15NS/c1-3-6-4-7(9-2)8-5-6/h6-8H,3-5H2,1-2H3/t6?,7-/m1/s1. The molecule has 0 saturated carbocycles. The first-order chi connectivity index (χ1) is 4.36. The predicted molar refractivity (Wildman–Crippen MR) is 43.7 cm³/mol. The zero-order valence-electron chi connectivity index (χ0n) is 6.18. The van der Waals surface area contributed by atoms with Gasteiger partial charge < -0.3 is 5.32 Å². The summed E-state index contributed by atoms with van der Waals surface area (Å²) in [5.41, 5.74) is 0. The Labute approximate surface area is 61.6 Å². The lowest BCUT2D eigenvalue weighted by molar-refractivity contribution is 0.561. The molecule has 0 aliphatic carbocycles. The molecular formula is C7H15NS. The fourth-order valence-electron chi connectivity index (χ4n) is 1.26. The zero-order chi connectivity index (χ0) is 6.69. The minimum absolute atomic E-state index is 0.745. The van der Waals surface area contributed by atoms with Crippen molar-refractivity contribution in [3.63, 3.8) is 0 Å². The number of hydrogen-bond donors (Lipinski definition) is 1. The Morgan fingerprint density at radius 3 is 2.78 bits per heavy atom. The van der Waals surface area contributed by atoms with Crippen LogP contribution in [-0.4, -0.2) is 18.2 Å². The molecular weight excluding hydrogens is 130 g/mol. The molecule has 9 heavy (non-hydrogen) atoms. The highest BCUT2D eigenvalue weighted by Crippen LogP contribution is 2.22. The summed E-state index contributed by atoms with van der Waals surface area (Å²) in [6.07, 6.45) is 4.89. The summed E-state index contributed by atoms with van der Waals surface area (Å²) in [5, 5.41) is 4.22. The molecule has 1 aliphatic rings. The first-order valence-electron chi connectivity index (χ1n) is 3.63. The molecule has 0 aromatic heterocycles. The molecule has 0 amide bonds. The molecule has 1 fully saturated rings. The summed E-state index contributed by atoms with van der Waals surface area (Å²) in [4.78, 5) is 0. The number of hydrogen-bond acceptors (Lipinski definition) is 2. The van der Waals surface area contributed by atoms with Crippen LogP contribution in [0.1, 0.15) is 19.8 Å². The van der Waals surface area contributed by atoms with Gasteiger partial charge in [-0.2, -0.15) is 0 Å². The van der Waals surface area contributed by atoms with Crippen LogP contribution >= 0.6 is 11.8 Å². The second-order valence-corrected chi connectivity index (χ2v) is 3.68. The second-order valence-electron chi connectivity index (χ2n) is 2.64. The lowest BCUT2D eigenvalue weighted by Crippen LogP contribution is -2.16. The molecule has 0 bridgehead atoms. The SMILES string of the molecule is CCC1CN[C@H](SC)C1. The van der Waals surface area contributed by atoms with Crippen LogP contribution in [0.4, 0.5) is 0 Å². The van der Waals surface area contributed by atoms with Gasteiger partial charge in [0.05, 0.1) is 5.37 Å². The molecule has 0 aromatic rings. The third-order valence-electron chi connectivity index (χ3n) is 2.04. The second kappa shape index (κ2) is 3.47. The van der Waals surface area contributed by atoms with E-state index in [0.717, 1.165) is 11.3 Å². The zero-order valence-corrected chi connectivity index (χ0v) is 7.00. The molecule has 1 rings (SSSR count). The van der Waals surface area contributed by atoms with Gasteiger partial charge in [-0.15, -0.1) is 11.8 Å². The number of rotatable bonds is 2. The minimum atomic E-state index is 0.745. The molecule has 1 heterocycles. The van der Waals surface area contributed by atoms with Crippen molar-refractivity contribution in [1.29, 1.82) is 0 Å². The van der Waals surface area contributed by atoms with Crippen molar-refractivity contribution >= 4 is 11.8 Å². The molecule has 0 spiro atoms. The van der Waals surface area contributed by atoms with E-state index in [4.69, 9.17) is 0 Å². The Morgan fingerprint density at radius 2 is 2.44 bits per heavy atom. The smallest absolute Gasteiger partial charge is 0.0532 e. The Morgan fingerprint density at radius 1 is 1.67 bits per heavy atom. The fraction of sp³-hybridized carbons (Fsp3) is 1.00. The Bertz CT molecular complexity index is 75.0. The van der Waals surface area contributed by atoms with Crippen LogP contribution in [0.2, 0.25) is 0 Å². The van der Waals surface area contributed by atoms with Gasteiger partial charge >= 0.3 is 0 Å². The highest BCUT2D eigenvalue weighted by Gasteiger charge is 2.20. The van der Waals surface area contributed by atoms with E-state index in [1.54, 1.807) is 0 Å². The topological polar surface area (TPSA) is 12.0 Å². The van der Waals surface area contributed by atoms with Crippen molar-refractivity contribution in [3.8, 4) is 0 Å². The monoisotopic (exact) mass is 145 g/mol. The molecule has 0 radical (unpaired) electrons. The quantitative estimate of drug-likeness (QED) is 0.634. The van der Waals surface area contributed by atoms with Crippen molar-refractivity contribution in [2.75, 3.05) is 12.8 Å². The average Bonchev–Trinajstić information content (AvgIpc) is 2.34. The van der Waals surface area contributed by atoms with Crippen molar-refractivity contribution in [2.45, 2.75) is 25.1 Å². The molecule has 1 unspecified atom stereocenters. The van der Waals surface area contributed by atoms with Gasteiger partial charge in [-0.3, -0.25) is 0 Å². The van der Waals surface area contributed by atoms with Gasteiger partial charge in [0.25, 0.3) is 0 Å². The van der Waals surface area contributed by atoms with E-state index in [1.807, 2.05) is 11.8 Å². The maximum absolute atomic E-state index is 3.47. The van der Waals surface area contributed by atoms with Crippen molar-refractivity contribution in [2.24, 2.45) is 5.92 Å². The maximum atomic E-state index is 3.47. The summed E-state index contributed by atoms with van der Waals surface area (Å²) >= 11 is 1.94. The number of nitrogens with one attached hydrogen (secondary N) is 1. The maximum Gasteiger partial charge on any atom is 0.0532 e. The summed E-state index contributed by atoms with van der Waals surface area (Å²) in [7, 11) is 0. The van der Waals surface area contributed by atoms with Crippen LogP contribution in [0.25, 0.3) is 0 Å².